The van der Waals surface area contributed by atoms with Crippen molar-refractivity contribution in [2.45, 2.75) is 18.1 Å². The number of β-lactam (4-membered cyclic amide) rings is 1. The monoisotopic (exact) mass is 410 g/mol. The second kappa shape index (κ2) is 8.09. The van der Waals surface area contributed by atoms with Gasteiger partial charge in [-0.15, -0.1) is 0 Å². The molecule has 2 amide bonds. The number of carbonyl (C=O) groups excluding carboxylic acids is 3. The number of likely N-dealkylation sites (tertiary alicyclic amines) is 1. The minimum atomic E-state index is -0.744. The lowest BCUT2D eigenvalue weighted by Crippen LogP contribution is -2.70. The number of hydrogen-bond acceptors (Lipinski definition) is 4. The summed E-state index contributed by atoms with van der Waals surface area (Å²) < 4.78 is 5.26. The first-order chi connectivity index (χ1) is 14.1. The normalized spacial score (nSPS) is 24.0. The molecule has 148 valence electrons. The van der Waals surface area contributed by atoms with Gasteiger partial charge in [0.1, 0.15) is 12.6 Å². The summed E-state index contributed by atoms with van der Waals surface area (Å²) in [4.78, 5) is 39.7. The molecule has 2 aliphatic heterocycles. The van der Waals surface area contributed by atoms with Crippen molar-refractivity contribution >= 4 is 34.9 Å². The van der Waals surface area contributed by atoms with Crippen LogP contribution in [0.5, 0.6) is 0 Å². The highest BCUT2D eigenvalue weighted by atomic mass is 35.5. The molecule has 0 saturated carbocycles. The van der Waals surface area contributed by atoms with E-state index in [1.807, 2.05) is 72.8 Å². The fraction of sp³-hybridized carbons (Fsp3) is 0.227. The van der Waals surface area contributed by atoms with E-state index in [0.717, 1.165) is 11.1 Å². The minimum Gasteiger partial charge on any atom is -0.447 e. The second-order valence-corrected chi connectivity index (χ2v) is 7.36. The summed E-state index contributed by atoms with van der Waals surface area (Å²) in [5, 5.41) is -0.626. The van der Waals surface area contributed by atoms with Gasteiger partial charge in [0.25, 0.3) is 0 Å². The van der Waals surface area contributed by atoms with E-state index in [1.54, 1.807) is 0 Å². The van der Waals surface area contributed by atoms with Crippen molar-refractivity contribution in [2.75, 3.05) is 13.2 Å². The van der Waals surface area contributed by atoms with Crippen molar-refractivity contribution in [3.8, 4) is 0 Å². The molecule has 0 radical (unpaired) electrons. The number of nitrogens with zero attached hydrogens (tertiary/aromatic N) is 2. The SMILES string of the molecule is O=C(Cl)CN1C(=O)[C@@H](N2C(=O)OC[C@@H]2c2ccccc2)C1C=Cc1ccccc1. The Kier molecular flexibility index (Phi) is 5.36. The molecule has 6 nitrogen and oxygen atoms in total. The molecule has 3 atom stereocenters. The third-order valence-electron chi connectivity index (χ3n) is 5.19. The first-order valence-corrected chi connectivity index (χ1v) is 9.66. The molecule has 0 aliphatic carbocycles. The van der Waals surface area contributed by atoms with E-state index in [4.69, 9.17) is 16.3 Å². The van der Waals surface area contributed by atoms with E-state index >= 15 is 0 Å². The van der Waals surface area contributed by atoms with Crippen molar-refractivity contribution in [1.82, 2.24) is 9.80 Å². The maximum Gasteiger partial charge on any atom is 0.411 e. The van der Waals surface area contributed by atoms with Crippen molar-refractivity contribution in [1.29, 1.82) is 0 Å². The largest absolute Gasteiger partial charge is 0.447 e. The van der Waals surface area contributed by atoms with E-state index in [1.165, 1.54) is 9.80 Å². The van der Waals surface area contributed by atoms with Crippen LogP contribution in [0.2, 0.25) is 0 Å². The van der Waals surface area contributed by atoms with Crippen LogP contribution in [0.25, 0.3) is 6.08 Å². The van der Waals surface area contributed by atoms with Crippen LogP contribution in [-0.2, 0) is 14.3 Å². The molecule has 0 bridgehead atoms. The maximum atomic E-state index is 12.9. The molecule has 0 N–H and O–H groups in total. The second-order valence-electron chi connectivity index (χ2n) is 6.94. The average Bonchev–Trinajstić information content (AvgIpc) is 3.11. The van der Waals surface area contributed by atoms with Gasteiger partial charge in [0, 0.05) is 0 Å². The summed E-state index contributed by atoms with van der Waals surface area (Å²) in [6.07, 6.45) is 3.16. The van der Waals surface area contributed by atoms with E-state index in [-0.39, 0.29) is 25.1 Å². The molecule has 4 rings (SSSR count). The number of cyclic esters (lactones) is 1. The Labute approximate surface area is 173 Å². The average molecular weight is 411 g/mol. The summed E-state index contributed by atoms with van der Waals surface area (Å²) in [6.45, 7) is -0.0320. The number of amides is 2. The summed E-state index contributed by atoms with van der Waals surface area (Å²) in [6, 6.07) is 17.5. The van der Waals surface area contributed by atoms with Crippen LogP contribution in [0.15, 0.2) is 66.7 Å². The van der Waals surface area contributed by atoms with Gasteiger partial charge >= 0.3 is 6.09 Å². The van der Waals surface area contributed by atoms with E-state index < -0.39 is 23.4 Å². The topological polar surface area (TPSA) is 66.9 Å². The summed E-state index contributed by atoms with van der Waals surface area (Å²) >= 11 is 5.53. The predicted octanol–water partition coefficient (Wildman–Crippen LogP) is 3.24. The summed E-state index contributed by atoms with van der Waals surface area (Å²) in [7, 11) is 0. The summed E-state index contributed by atoms with van der Waals surface area (Å²) in [5.74, 6) is -0.318. The van der Waals surface area contributed by atoms with Crippen LogP contribution in [0.1, 0.15) is 17.2 Å². The molecule has 2 saturated heterocycles. The van der Waals surface area contributed by atoms with Gasteiger partial charge in [-0.1, -0.05) is 72.8 Å². The molecular weight excluding hydrogens is 392 g/mol. The van der Waals surface area contributed by atoms with E-state index in [2.05, 4.69) is 0 Å². The predicted molar refractivity (Wildman–Crippen MR) is 108 cm³/mol. The number of rotatable bonds is 6. The highest BCUT2D eigenvalue weighted by Gasteiger charge is 2.55. The molecule has 1 unspecified atom stereocenters. The van der Waals surface area contributed by atoms with Crippen LogP contribution in [-0.4, -0.2) is 52.3 Å². The van der Waals surface area contributed by atoms with Crippen LogP contribution in [0, 0.1) is 0 Å². The molecule has 7 heteroatoms. The van der Waals surface area contributed by atoms with Gasteiger partial charge in [-0.05, 0) is 22.7 Å². The van der Waals surface area contributed by atoms with Crippen LogP contribution in [0.4, 0.5) is 4.79 Å². The quantitative estimate of drug-likeness (QED) is 0.541. The molecule has 0 aromatic heterocycles. The Morgan fingerprint density at radius 3 is 2.38 bits per heavy atom. The number of halogens is 1. The van der Waals surface area contributed by atoms with Crippen molar-refractivity contribution in [2.24, 2.45) is 0 Å². The first-order valence-electron chi connectivity index (χ1n) is 9.28. The molecular formula is C22H19ClN2O4. The van der Waals surface area contributed by atoms with E-state index in [9.17, 15) is 14.4 Å². The van der Waals surface area contributed by atoms with Gasteiger partial charge in [0.2, 0.25) is 11.1 Å². The highest BCUT2D eigenvalue weighted by molar-refractivity contribution is 6.64. The number of hydrogen-bond donors (Lipinski definition) is 0. The highest BCUT2D eigenvalue weighted by Crippen LogP contribution is 2.37. The third kappa shape index (κ3) is 3.76. The van der Waals surface area contributed by atoms with Crippen molar-refractivity contribution < 1.29 is 19.1 Å². The Morgan fingerprint density at radius 1 is 1.07 bits per heavy atom. The van der Waals surface area contributed by atoms with Crippen molar-refractivity contribution in [3.63, 3.8) is 0 Å². The van der Waals surface area contributed by atoms with Crippen LogP contribution < -0.4 is 0 Å². The van der Waals surface area contributed by atoms with Gasteiger partial charge in [0.15, 0.2) is 0 Å². The zero-order chi connectivity index (χ0) is 20.4. The standard InChI is InChI=1S/C22H19ClN2O4/c23-19(26)13-24-17(12-11-15-7-3-1-4-8-15)20(21(24)27)25-18(14-29-22(25)28)16-9-5-2-6-10-16/h1-12,17-18,20H,13-14H2/t17?,18-,20+/m1/s1. The van der Waals surface area contributed by atoms with Crippen LogP contribution in [0.3, 0.4) is 0 Å². The lowest BCUT2D eigenvalue weighted by molar-refractivity contribution is -0.155. The number of ether oxygens (including phenoxy) is 1. The maximum absolute atomic E-state index is 12.9. The Balaban J connectivity index is 1.64. The smallest absolute Gasteiger partial charge is 0.411 e. The number of benzene rings is 2. The zero-order valence-electron chi connectivity index (χ0n) is 15.5. The van der Waals surface area contributed by atoms with Crippen molar-refractivity contribution in [3.05, 3.63) is 77.9 Å². The molecule has 2 fully saturated rings. The Morgan fingerprint density at radius 2 is 1.72 bits per heavy atom. The fourth-order valence-corrected chi connectivity index (χ4v) is 3.94. The van der Waals surface area contributed by atoms with Gasteiger partial charge in [-0.3, -0.25) is 14.5 Å². The summed E-state index contributed by atoms with van der Waals surface area (Å²) in [5.41, 5.74) is 1.84. The van der Waals surface area contributed by atoms with Gasteiger partial charge in [-0.25, -0.2) is 4.79 Å². The minimum absolute atomic E-state index is 0.177. The number of carbonyl (C=O) groups is 3. The molecule has 0 spiro atoms. The molecule has 2 heterocycles. The lowest BCUT2D eigenvalue weighted by atomic mass is 9.90. The molecule has 2 aromatic rings. The fourth-order valence-electron chi connectivity index (χ4n) is 3.81. The Bertz CT molecular complexity index is 948. The Hall–Kier alpha value is -3.12. The van der Waals surface area contributed by atoms with Gasteiger partial charge in [0.05, 0.1) is 18.6 Å². The van der Waals surface area contributed by atoms with Gasteiger partial charge < -0.3 is 9.64 Å². The third-order valence-corrected chi connectivity index (χ3v) is 5.31. The van der Waals surface area contributed by atoms with Gasteiger partial charge in [-0.2, -0.15) is 0 Å². The first kappa shape index (κ1) is 19.2. The van der Waals surface area contributed by atoms with Crippen LogP contribution >= 0.6 is 11.6 Å². The van der Waals surface area contributed by atoms with E-state index in [0.29, 0.717) is 0 Å². The molecule has 2 aliphatic rings. The molecule has 2 aromatic carbocycles. The zero-order valence-corrected chi connectivity index (χ0v) is 16.2. The lowest BCUT2D eigenvalue weighted by Gasteiger charge is -2.49. The molecule has 29 heavy (non-hydrogen) atoms.